The summed E-state index contributed by atoms with van der Waals surface area (Å²) in [5.41, 5.74) is 2.58. The van der Waals surface area contributed by atoms with Crippen molar-refractivity contribution in [3.05, 3.63) is 118 Å². The summed E-state index contributed by atoms with van der Waals surface area (Å²) >= 11 is 10.9. The lowest BCUT2D eigenvalue weighted by atomic mass is 9.95. The molecule has 2 heterocycles. The van der Waals surface area contributed by atoms with Gasteiger partial charge in [-0.3, -0.25) is 9.36 Å². The van der Waals surface area contributed by atoms with E-state index < -0.39 is 18.0 Å². The van der Waals surface area contributed by atoms with Crippen molar-refractivity contribution < 1.29 is 33.3 Å². The van der Waals surface area contributed by atoms with Gasteiger partial charge in [0, 0.05) is 5.02 Å². The van der Waals surface area contributed by atoms with E-state index in [4.69, 9.17) is 30.5 Å². The number of rotatable bonds is 12. The van der Waals surface area contributed by atoms with Gasteiger partial charge in [0.1, 0.15) is 12.4 Å². The Morgan fingerprint density at radius 1 is 1.00 bits per heavy atom. The third kappa shape index (κ3) is 7.83. The molecule has 3 aromatic carbocycles. The number of halogens is 2. The number of benzene rings is 3. The van der Waals surface area contributed by atoms with Crippen LogP contribution in [0.1, 0.15) is 43.5 Å². The first-order valence-corrected chi connectivity index (χ1v) is 16.9. The number of carbonyl (C=O) groups excluding carboxylic acids is 2. The van der Waals surface area contributed by atoms with Crippen LogP contribution in [-0.2, 0) is 25.7 Å². The van der Waals surface area contributed by atoms with Crippen LogP contribution < -0.4 is 29.1 Å². The number of allylic oxidation sites excluding steroid dienone is 1. The Morgan fingerprint density at radius 3 is 2.50 bits per heavy atom. The highest BCUT2D eigenvalue weighted by Crippen LogP contribution is 2.36. The third-order valence-electron chi connectivity index (χ3n) is 7.21. The van der Waals surface area contributed by atoms with Gasteiger partial charge in [-0.15, -0.1) is 0 Å². The second kappa shape index (κ2) is 15.7. The zero-order valence-electron chi connectivity index (χ0n) is 26.6. The van der Waals surface area contributed by atoms with Crippen molar-refractivity contribution in [3.63, 3.8) is 0 Å². The average Bonchev–Trinajstić information content (AvgIpc) is 3.36. The first-order valence-electron chi connectivity index (χ1n) is 15.0. The van der Waals surface area contributed by atoms with Crippen LogP contribution in [0.3, 0.4) is 0 Å². The Labute approximate surface area is 294 Å². The predicted octanol–water partition coefficient (Wildman–Crippen LogP) is 5.74. The van der Waals surface area contributed by atoms with Crippen molar-refractivity contribution >= 4 is 56.9 Å². The number of hydrogen-bond donors (Lipinski definition) is 0. The van der Waals surface area contributed by atoms with E-state index in [2.05, 4.69) is 25.7 Å². The lowest BCUT2D eigenvalue weighted by Gasteiger charge is -2.25. The van der Waals surface area contributed by atoms with Crippen LogP contribution in [-0.4, -0.2) is 43.4 Å². The fraction of sp³-hybridized carbons (Fsp3) is 0.257. The van der Waals surface area contributed by atoms with Gasteiger partial charge in [-0.05, 0) is 95.9 Å². The first-order chi connectivity index (χ1) is 23.1. The molecular weight excluding hydrogens is 724 g/mol. The summed E-state index contributed by atoms with van der Waals surface area (Å²) in [6.45, 7) is 5.71. The molecule has 0 unspecified atom stereocenters. The van der Waals surface area contributed by atoms with Gasteiger partial charge >= 0.3 is 11.9 Å². The van der Waals surface area contributed by atoms with Crippen LogP contribution >= 0.6 is 38.9 Å². The molecule has 5 rings (SSSR count). The maximum Gasteiger partial charge on any atom is 0.343 e. The smallest absolute Gasteiger partial charge is 0.343 e. The average molecular weight is 756 g/mol. The summed E-state index contributed by atoms with van der Waals surface area (Å²) < 4.78 is 30.2. The van der Waals surface area contributed by atoms with E-state index in [9.17, 15) is 14.4 Å². The molecule has 250 valence electrons. The van der Waals surface area contributed by atoms with Gasteiger partial charge in [0.25, 0.3) is 5.56 Å². The van der Waals surface area contributed by atoms with Crippen molar-refractivity contribution in [1.29, 1.82) is 0 Å². The minimum atomic E-state index is -0.870. The van der Waals surface area contributed by atoms with Gasteiger partial charge in [-0.25, -0.2) is 14.6 Å². The van der Waals surface area contributed by atoms with E-state index in [1.807, 2.05) is 43.3 Å². The number of hydrogen-bond acceptors (Lipinski definition) is 10. The minimum Gasteiger partial charge on any atom is -0.490 e. The van der Waals surface area contributed by atoms with Gasteiger partial charge in [0.2, 0.25) is 0 Å². The number of nitrogens with zero attached hydrogens (tertiary/aromatic N) is 2. The number of carbonyl (C=O) groups is 2. The second-order valence-electron chi connectivity index (χ2n) is 10.4. The number of methoxy groups -OCH3 is 1. The number of aromatic nitrogens is 1. The molecule has 0 fully saturated rings. The lowest BCUT2D eigenvalue weighted by molar-refractivity contribution is -0.143. The molecule has 0 amide bonds. The summed E-state index contributed by atoms with van der Waals surface area (Å²) in [6.07, 6.45) is 1.77. The van der Waals surface area contributed by atoms with Crippen molar-refractivity contribution in [1.82, 2.24) is 4.57 Å². The molecule has 1 aromatic heterocycles. The molecule has 0 bridgehead atoms. The zero-order chi connectivity index (χ0) is 34.4. The highest BCUT2D eigenvalue weighted by molar-refractivity contribution is 9.10. The highest BCUT2D eigenvalue weighted by atomic mass is 79.9. The van der Waals surface area contributed by atoms with E-state index in [-0.39, 0.29) is 24.3 Å². The van der Waals surface area contributed by atoms with Crippen LogP contribution in [0.2, 0.25) is 5.02 Å². The SMILES string of the molecule is CCOC(=O)C1=C(C)N=c2s/c(=C/c3ccc(OCc4cccc(Cl)c4)c(Br)c3)c(=O)n2[C@@H]1c1ccc(OCC(=O)OC)c(OCC)c1. The summed E-state index contributed by atoms with van der Waals surface area (Å²) in [4.78, 5) is 44.2. The molecule has 0 radical (unpaired) electrons. The van der Waals surface area contributed by atoms with Crippen LogP contribution in [0.25, 0.3) is 6.08 Å². The quantitative estimate of drug-likeness (QED) is 0.168. The van der Waals surface area contributed by atoms with E-state index >= 15 is 0 Å². The molecule has 0 N–H and O–H groups in total. The Hall–Kier alpha value is -4.39. The van der Waals surface area contributed by atoms with E-state index in [0.29, 0.717) is 60.6 Å². The first kappa shape index (κ1) is 34.9. The lowest BCUT2D eigenvalue weighted by Crippen LogP contribution is -2.40. The van der Waals surface area contributed by atoms with Crippen LogP contribution in [0.15, 0.2) is 86.2 Å². The largest absolute Gasteiger partial charge is 0.490 e. The molecule has 1 atom stereocenters. The summed E-state index contributed by atoms with van der Waals surface area (Å²) in [6, 6.07) is 17.1. The molecule has 0 saturated carbocycles. The molecule has 48 heavy (non-hydrogen) atoms. The monoisotopic (exact) mass is 754 g/mol. The normalized spacial score (nSPS) is 14.2. The fourth-order valence-corrected chi connectivity index (χ4v) is 6.82. The van der Waals surface area contributed by atoms with Crippen LogP contribution in [0, 0.1) is 0 Å². The summed E-state index contributed by atoms with van der Waals surface area (Å²) in [5.74, 6) is 0.138. The molecule has 0 saturated heterocycles. The van der Waals surface area contributed by atoms with Gasteiger partial charge in [0.15, 0.2) is 22.9 Å². The Balaban J connectivity index is 1.54. The predicted molar refractivity (Wildman–Crippen MR) is 185 cm³/mol. The van der Waals surface area contributed by atoms with Crippen molar-refractivity contribution in [3.8, 4) is 17.2 Å². The number of ether oxygens (including phenoxy) is 5. The van der Waals surface area contributed by atoms with Crippen molar-refractivity contribution in [2.75, 3.05) is 26.9 Å². The van der Waals surface area contributed by atoms with Gasteiger partial charge in [-0.2, -0.15) is 0 Å². The van der Waals surface area contributed by atoms with Crippen molar-refractivity contribution in [2.45, 2.75) is 33.4 Å². The zero-order valence-corrected chi connectivity index (χ0v) is 29.7. The maximum atomic E-state index is 14.1. The topological polar surface area (TPSA) is 115 Å². The number of fused-ring (bicyclic) bond motifs is 1. The summed E-state index contributed by atoms with van der Waals surface area (Å²) in [7, 11) is 1.27. The molecule has 10 nitrogen and oxygen atoms in total. The molecule has 1 aliphatic rings. The third-order valence-corrected chi connectivity index (χ3v) is 9.05. The van der Waals surface area contributed by atoms with E-state index in [0.717, 1.165) is 11.1 Å². The molecular formula is C35H32BrClN2O8S. The van der Waals surface area contributed by atoms with Gasteiger partial charge in [-0.1, -0.05) is 47.2 Å². The maximum absolute atomic E-state index is 14.1. The Kier molecular flexibility index (Phi) is 11.4. The molecule has 0 aliphatic carbocycles. The van der Waals surface area contributed by atoms with Crippen LogP contribution in [0.4, 0.5) is 0 Å². The fourth-order valence-electron chi connectivity index (χ4n) is 5.05. The Bertz CT molecular complexity index is 2070. The minimum absolute atomic E-state index is 0.144. The Morgan fingerprint density at radius 2 is 1.79 bits per heavy atom. The number of thiazole rings is 1. The standard InChI is InChI=1S/C35H32BrClN2O8S/c1-5-44-28-17-23(11-13-27(28)47-19-30(40)43-4)32-31(34(42)45-6-2)20(3)38-35-39(32)33(41)29(48-35)16-21-10-12-26(25(36)15-21)46-18-22-8-7-9-24(37)14-22/h7-17,32H,5-6,18-19H2,1-4H3/b29-16+/t32-/m1/s1. The molecule has 13 heteroatoms. The van der Waals surface area contributed by atoms with Gasteiger partial charge in [0.05, 0.1) is 46.6 Å². The summed E-state index contributed by atoms with van der Waals surface area (Å²) in [5, 5.41) is 0.634. The van der Waals surface area contributed by atoms with E-state index in [1.54, 1.807) is 44.2 Å². The molecule has 4 aromatic rings. The van der Waals surface area contributed by atoms with Crippen molar-refractivity contribution in [2.24, 2.45) is 4.99 Å². The highest BCUT2D eigenvalue weighted by Gasteiger charge is 2.34. The molecule has 0 spiro atoms. The molecule has 1 aliphatic heterocycles. The van der Waals surface area contributed by atoms with Gasteiger partial charge < -0.3 is 23.7 Å². The van der Waals surface area contributed by atoms with Crippen LogP contribution in [0.5, 0.6) is 17.2 Å². The number of esters is 2. The van der Waals surface area contributed by atoms with E-state index in [1.165, 1.54) is 23.0 Å². The second-order valence-corrected chi connectivity index (χ2v) is 12.7.